The van der Waals surface area contributed by atoms with Crippen molar-refractivity contribution in [1.82, 2.24) is 18.8 Å². The highest BCUT2D eigenvalue weighted by atomic mass is 32.2. The minimum Gasteiger partial charge on any atom is -0.494 e. The Morgan fingerprint density at radius 3 is 2.52 bits per heavy atom. The number of methoxy groups -OCH3 is 1. The molecule has 7 nitrogen and oxygen atoms in total. The van der Waals surface area contributed by atoms with Gasteiger partial charge in [0.1, 0.15) is 5.82 Å². The predicted octanol–water partition coefficient (Wildman–Crippen LogP) is 4.01. The van der Waals surface area contributed by atoms with E-state index >= 15 is 0 Å². The Labute approximate surface area is 194 Å². The van der Waals surface area contributed by atoms with E-state index in [1.165, 1.54) is 13.2 Å². The van der Waals surface area contributed by atoms with Crippen molar-refractivity contribution < 1.29 is 17.5 Å². The minimum absolute atomic E-state index is 0.226. The summed E-state index contributed by atoms with van der Waals surface area (Å²) in [7, 11) is -0.110. The van der Waals surface area contributed by atoms with Gasteiger partial charge in [-0.25, -0.2) is 17.8 Å². The van der Waals surface area contributed by atoms with Crippen LogP contribution >= 0.6 is 0 Å². The zero-order valence-corrected chi connectivity index (χ0v) is 20.2. The molecule has 2 aromatic carbocycles. The van der Waals surface area contributed by atoms with Gasteiger partial charge in [0.05, 0.1) is 29.6 Å². The third-order valence-corrected chi connectivity index (χ3v) is 8.04. The molecule has 0 unspecified atom stereocenters. The maximum Gasteiger partial charge on any atom is 0.243 e. The van der Waals surface area contributed by atoms with Gasteiger partial charge in [-0.3, -0.25) is 4.90 Å². The smallest absolute Gasteiger partial charge is 0.243 e. The molecular formula is C24H31FN4O3S. The van der Waals surface area contributed by atoms with E-state index in [1.54, 1.807) is 22.5 Å². The average Bonchev–Trinajstić information content (AvgIpc) is 3.15. The number of halogens is 1. The molecule has 0 N–H and O–H groups in total. The molecule has 3 aromatic rings. The van der Waals surface area contributed by atoms with Crippen molar-refractivity contribution in [1.29, 1.82) is 0 Å². The number of aromatic nitrogens is 2. The maximum atomic E-state index is 14.0. The highest BCUT2D eigenvalue weighted by molar-refractivity contribution is 7.89. The lowest BCUT2D eigenvalue weighted by Crippen LogP contribution is -2.35. The SMILES string of the molecule is CCn1c(CN(C)Cc2ccc(OC)c(F)c2)nc2cc(S(=O)(=O)N3CCCCC3)ccc21. The highest BCUT2D eigenvalue weighted by Gasteiger charge is 2.26. The maximum absolute atomic E-state index is 14.0. The normalized spacial score (nSPS) is 15.4. The molecule has 178 valence electrons. The molecule has 4 rings (SSSR count). The number of piperidine rings is 1. The number of ether oxygens (including phenoxy) is 1. The van der Waals surface area contributed by atoms with Crippen LogP contribution in [-0.2, 0) is 29.7 Å². The largest absolute Gasteiger partial charge is 0.494 e. The van der Waals surface area contributed by atoms with Crippen molar-refractivity contribution in [3.63, 3.8) is 0 Å². The fraction of sp³-hybridized carbons (Fsp3) is 0.458. The molecule has 9 heteroatoms. The number of sulfonamides is 1. The van der Waals surface area contributed by atoms with Gasteiger partial charge in [0, 0.05) is 26.2 Å². The first kappa shape index (κ1) is 23.7. The molecule has 1 aliphatic rings. The lowest BCUT2D eigenvalue weighted by molar-refractivity contribution is 0.305. The Balaban J connectivity index is 1.57. The van der Waals surface area contributed by atoms with Crippen LogP contribution in [0.15, 0.2) is 41.3 Å². The minimum atomic E-state index is -3.51. The first-order valence-electron chi connectivity index (χ1n) is 11.3. The third kappa shape index (κ3) is 4.90. The second-order valence-electron chi connectivity index (χ2n) is 8.53. The van der Waals surface area contributed by atoms with Crippen molar-refractivity contribution in [2.75, 3.05) is 27.2 Å². The number of rotatable bonds is 8. The molecule has 0 radical (unpaired) electrons. The Morgan fingerprint density at radius 2 is 1.85 bits per heavy atom. The first-order chi connectivity index (χ1) is 15.8. The van der Waals surface area contributed by atoms with E-state index in [0.717, 1.165) is 42.7 Å². The number of fused-ring (bicyclic) bond motifs is 1. The Kier molecular flexibility index (Phi) is 7.02. The van der Waals surface area contributed by atoms with Crippen LogP contribution in [-0.4, -0.2) is 54.4 Å². The second kappa shape index (κ2) is 9.79. The van der Waals surface area contributed by atoms with Gasteiger partial charge in [-0.1, -0.05) is 12.5 Å². The van der Waals surface area contributed by atoms with Gasteiger partial charge in [0.2, 0.25) is 10.0 Å². The van der Waals surface area contributed by atoms with E-state index < -0.39 is 10.0 Å². The Morgan fingerprint density at radius 1 is 1.09 bits per heavy atom. The van der Waals surface area contributed by atoms with Crippen LogP contribution in [0.25, 0.3) is 11.0 Å². The topological polar surface area (TPSA) is 67.7 Å². The molecule has 2 heterocycles. The molecule has 0 saturated carbocycles. The lowest BCUT2D eigenvalue weighted by Gasteiger charge is -2.25. The van der Waals surface area contributed by atoms with Crippen LogP contribution in [0.2, 0.25) is 0 Å². The van der Waals surface area contributed by atoms with E-state index in [-0.39, 0.29) is 11.6 Å². The second-order valence-corrected chi connectivity index (χ2v) is 10.5. The number of nitrogens with zero attached hydrogens (tertiary/aromatic N) is 4. The molecule has 0 atom stereocenters. The Hall–Kier alpha value is -2.49. The lowest BCUT2D eigenvalue weighted by atomic mass is 10.2. The molecule has 1 saturated heterocycles. The van der Waals surface area contributed by atoms with E-state index in [1.807, 2.05) is 26.1 Å². The quantitative estimate of drug-likeness (QED) is 0.494. The summed E-state index contributed by atoms with van der Waals surface area (Å²) in [5.74, 6) is 0.688. The van der Waals surface area contributed by atoms with Crippen LogP contribution in [0, 0.1) is 5.82 Å². The van der Waals surface area contributed by atoms with Crippen molar-refractivity contribution in [2.45, 2.75) is 50.7 Å². The molecule has 33 heavy (non-hydrogen) atoms. The van der Waals surface area contributed by atoms with Crippen LogP contribution in [0.5, 0.6) is 5.75 Å². The van der Waals surface area contributed by atoms with E-state index in [9.17, 15) is 12.8 Å². The molecule has 0 aliphatic carbocycles. The fourth-order valence-electron chi connectivity index (χ4n) is 4.47. The van der Waals surface area contributed by atoms with Crippen LogP contribution in [0.4, 0.5) is 4.39 Å². The van der Waals surface area contributed by atoms with Crippen molar-refractivity contribution in [3.8, 4) is 5.75 Å². The van der Waals surface area contributed by atoms with Crippen molar-refractivity contribution in [3.05, 3.63) is 53.6 Å². The summed E-state index contributed by atoms with van der Waals surface area (Å²) < 4.78 is 48.9. The van der Waals surface area contributed by atoms with E-state index in [4.69, 9.17) is 9.72 Å². The summed E-state index contributed by atoms with van der Waals surface area (Å²) in [6.07, 6.45) is 2.88. The van der Waals surface area contributed by atoms with Gasteiger partial charge < -0.3 is 9.30 Å². The summed E-state index contributed by atoms with van der Waals surface area (Å²) >= 11 is 0. The first-order valence-corrected chi connectivity index (χ1v) is 12.8. The standard InChI is InChI=1S/C24H31FN4O3S/c1-4-29-22-10-9-19(33(30,31)28-12-6-5-7-13-28)15-21(22)26-24(29)17-27(2)16-18-8-11-23(32-3)20(25)14-18/h8-11,14-15H,4-7,12-13,16-17H2,1-3H3. The van der Waals surface area contributed by atoms with E-state index in [0.29, 0.717) is 36.6 Å². The molecule has 0 spiro atoms. The summed E-state index contributed by atoms with van der Waals surface area (Å²) in [6, 6.07) is 10.2. The van der Waals surface area contributed by atoms with Crippen LogP contribution in [0.3, 0.4) is 0 Å². The zero-order chi connectivity index (χ0) is 23.6. The van der Waals surface area contributed by atoms with Gasteiger partial charge in [-0.15, -0.1) is 0 Å². The average molecular weight is 475 g/mol. The van der Waals surface area contributed by atoms with Crippen LogP contribution in [0.1, 0.15) is 37.6 Å². The summed E-state index contributed by atoms with van der Waals surface area (Å²) in [5, 5.41) is 0. The van der Waals surface area contributed by atoms with Gasteiger partial charge in [0.25, 0.3) is 0 Å². The van der Waals surface area contributed by atoms with Crippen molar-refractivity contribution >= 4 is 21.1 Å². The van der Waals surface area contributed by atoms with Gasteiger partial charge in [-0.05, 0) is 62.7 Å². The monoisotopic (exact) mass is 474 g/mol. The number of hydrogen-bond acceptors (Lipinski definition) is 5. The highest BCUT2D eigenvalue weighted by Crippen LogP contribution is 2.26. The molecule has 1 aromatic heterocycles. The number of hydrogen-bond donors (Lipinski definition) is 0. The number of imidazole rings is 1. The number of aryl methyl sites for hydroxylation is 1. The fourth-order valence-corrected chi connectivity index (χ4v) is 6.00. The summed E-state index contributed by atoms with van der Waals surface area (Å²) in [5.41, 5.74) is 2.42. The zero-order valence-electron chi connectivity index (χ0n) is 19.4. The van der Waals surface area contributed by atoms with Gasteiger partial charge in [-0.2, -0.15) is 4.31 Å². The molecule has 0 amide bonds. The molecule has 1 fully saturated rings. The number of benzene rings is 2. The van der Waals surface area contributed by atoms with Crippen LogP contribution < -0.4 is 4.74 Å². The van der Waals surface area contributed by atoms with E-state index in [2.05, 4.69) is 9.47 Å². The molecular weight excluding hydrogens is 443 g/mol. The molecule has 0 bridgehead atoms. The predicted molar refractivity (Wildman–Crippen MR) is 126 cm³/mol. The molecule has 1 aliphatic heterocycles. The summed E-state index contributed by atoms with van der Waals surface area (Å²) in [6.45, 7) is 5.00. The Bertz CT molecular complexity index is 1240. The van der Waals surface area contributed by atoms with Gasteiger partial charge >= 0.3 is 0 Å². The van der Waals surface area contributed by atoms with Gasteiger partial charge in [0.15, 0.2) is 11.6 Å². The van der Waals surface area contributed by atoms with Crippen molar-refractivity contribution in [2.24, 2.45) is 0 Å². The summed E-state index contributed by atoms with van der Waals surface area (Å²) in [4.78, 5) is 7.13. The third-order valence-electron chi connectivity index (χ3n) is 6.15.